The minimum Gasteiger partial charge on any atom is -0.347 e. The van der Waals surface area contributed by atoms with Crippen LogP contribution in [-0.4, -0.2) is 19.9 Å². The summed E-state index contributed by atoms with van der Waals surface area (Å²) in [4.78, 5) is 12.3. The van der Waals surface area contributed by atoms with Crippen LogP contribution in [0.3, 0.4) is 0 Å². The molecule has 25 heavy (non-hydrogen) atoms. The van der Waals surface area contributed by atoms with E-state index in [1.54, 1.807) is 12.1 Å². The van der Waals surface area contributed by atoms with Gasteiger partial charge in [-0.1, -0.05) is 24.3 Å². The Balaban J connectivity index is 2.35. The van der Waals surface area contributed by atoms with Gasteiger partial charge >= 0.3 is 0 Å². The van der Waals surface area contributed by atoms with Gasteiger partial charge in [-0.15, -0.1) is 0 Å². The monoisotopic (exact) mass is 360 g/mol. The molecule has 0 aliphatic carbocycles. The third kappa shape index (κ3) is 4.82. The first-order valence-corrected chi connectivity index (χ1v) is 9.49. The van der Waals surface area contributed by atoms with E-state index in [-0.39, 0.29) is 10.8 Å². The Morgan fingerprint density at radius 3 is 2.08 bits per heavy atom. The van der Waals surface area contributed by atoms with Crippen LogP contribution in [-0.2, 0) is 10.0 Å². The van der Waals surface area contributed by atoms with Crippen molar-refractivity contribution in [2.45, 2.75) is 45.1 Å². The Hall–Kier alpha value is -2.34. The normalized spacial score (nSPS) is 11.9. The van der Waals surface area contributed by atoms with Crippen LogP contribution < -0.4 is 10.0 Å². The zero-order valence-corrected chi connectivity index (χ0v) is 16.0. The van der Waals surface area contributed by atoms with Crippen molar-refractivity contribution in [3.63, 3.8) is 0 Å². The Bertz CT molecular complexity index is 877. The summed E-state index contributed by atoms with van der Waals surface area (Å²) >= 11 is 0. The molecule has 0 spiro atoms. The van der Waals surface area contributed by atoms with Crippen LogP contribution >= 0.6 is 0 Å². The summed E-state index contributed by atoms with van der Waals surface area (Å²) in [5.41, 5.74) is 2.14. The van der Waals surface area contributed by atoms with E-state index in [1.165, 1.54) is 12.1 Å². The second-order valence-electron chi connectivity index (χ2n) is 7.10. The van der Waals surface area contributed by atoms with Crippen LogP contribution in [0.1, 0.15) is 42.3 Å². The number of sulfonamides is 1. The van der Waals surface area contributed by atoms with E-state index in [9.17, 15) is 13.2 Å². The highest BCUT2D eigenvalue weighted by molar-refractivity contribution is 7.92. The van der Waals surface area contributed by atoms with Crippen molar-refractivity contribution in [3.05, 3.63) is 59.2 Å². The lowest BCUT2D eigenvalue weighted by atomic mass is 10.1. The molecule has 6 heteroatoms. The number of amides is 1. The van der Waals surface area contributed by atoms with Gasteiger partial charge in [0.2, 0.25) is 0 Å². The number of rotatable bonds is 4. The number of carbonyl (C=O) groups excluding carboxylic acids is 1. The molecule has 2 aromatic rings. The fourth-order valence-electron chi connectivity index (χ4n) is 2.39. The highest BCUT2D eigenvalue weighted by Gasteiger charge is 2.20. The molecule has 0 saturated heterocycles. The first kappa shape index (κ1) is 19.0. The molecule has 0 fully saturated rings. The molecule has 2 aromatic carbocycles. The maximum Gasteiger partial charge on any atom is 0.261 e. The molecular formula is C19H24N2O3S. The Kier molecular flexibility index (Phi) is 5.23. The lowest BCUT2D eigenvalue weighted by molar-refractivity contribution is 0.0919. The standard InChI is InChI=1S/C19H24N2O3S/c1-13-8-6-9-14(2)17(13)21-25(23,24)16-11-7-10-15(12-16)18(22)20-19(3,4)5/h6-12,21H,1-5H3,(H,20,22). The maximum absolute atomic E-state index is 12.7. The molecular weight excluding hydrogens is 336 g/mol. The summed E-state index contributed by atoms with van der Waals surface area (Å²) in [6.07, 6.45) is 0. The van der Waals surface area contributed by atoms with Gasteiger partial charge in [0.05, 0.1) is 10.6 Å². The quantitative estimate of drug-likeness (QED) is 0.874. The van der Waals surface area contributed by atoms with Crippen molar-refractivity contribution in [1.82, 2.24) is 5.32 Å². The van der Waals surface area contributed by atoms with Crippen LogP contribution in [0.2, 0.25) is 0 Å². The average molecular weight is 360 g/mol. The molecule has 2 rings (SSSR count). The molecule has 0 bridgehead atoms. The third-order valence-corrected chi connectivity index (χ3v) is 4.96. The SMILES string of the molecule is Cc1cccc(C)c1NS(=O)(=O)c1cccc(C(=O)NC(C)(C)C)c1. The van der Waals surface area contributed by atoms with Gasteiger partial charge in [0.1, 0.15) is 0 Å². The van der Waals surface area contributed by atoms with Crippen molar-refractivity contribution in [2.75, 3.05) is 4.72 Å². The van der Waals surface area contributed by atoms with E-state index in [4.69, 9.17) is 0 Å². The summed E-state index contributed by atoms with van der Waals surface area (Å²) in [5, 5.41) is 2.83. The summed E-state index contributed by atoms with van der Waals surface area (Å²) in [7, 11) is -3.79. The van der Waals surface area contributed by atoms with Gasteiger partial charge in [-0.2, -0.15) is 0 Å². The smallest absolute Gasteiger partial charge is 0.261 e. The fraction of sp³-hybridized carbons (Fsp3) is 0.316. The maximum atomic E-state index is 12.7. The molecule has 0 radical (unpaired) electrons. The van der Waals surface area contributed by atoms with E-state index in [2.05, 4.69) is 10.0 Å². The summed E-state index contributed by atoms with van der Waals surface area (Å²) in [6, 6.07) is 11.6. The van der Waals surface area contributed by atoms with Crippen molar-refractivity contribution in [3.8, 4) is 0 Å². The first-order valence-electron chi connectivity index (χ1n) is 8.01. The third-order valence-electron chi connectivity index (χ3n) is 3.61. The minimum absolute atomic E-state index is 0.0525. The zero-order chi connectivity index (χ0) is 18.8. The molecule has 0 aliphatic heterocycles. The number of hydrogen-bond acceptors (Lipinski definition) is 3. The Morgan fingerprint density at radius 1 is 0.960 bits per heavy atom. The summed E-state index contributed by atoms with van der Waals surface area (Å²) in [5.74, 6) is -0.309. The van der Waals surface area contributed by atoms with Crippen LogP contribution in [0, 0.1) is 13.8 Å². The fourth-order valence-corrected chi connectivity index (χ4v) is 3.63. The lowest BCUT2D eigenvalue weighted by Gasteiger charge is -2.20. The Labute approximate surface area is 149 Å². The van der Waals surface area contributed by atoms with E-state index >= 15 is 0 Å². The molecule has 1 amide bonds. The van der Waals surface area contributed by atoms with Crippen LogP contribution in [0.5, 0.6) is 0 Å². The topological polar surface area (TPSA) is 75.3 Å². The molecule has 0 unspecified atom stereocenters. The average Bonchev–Trinajstić information content (AvgIpc) is 2.50. The van der Waals surface area contributed by atoms with Crippen LogP contribution in [0.15, 0.2) is 47.4 Å². The van der Waals surface area contributed by atoms with E-state index in [0.717, 1.165) is 11.1 Å². The number of anilines is 1. The number of hydrogen-bond donors (Lipinski definition) is 2. The second kappa shape index (κ2) is 6.88. The van der Waals surface area contributed by atoms with Crippen molar-refractivity contribution < 1.29 is 13.2 Å². The van der Waals surface area contributed by atoms with Crippen molar-refractivity contribution >= 4 is 21.6 Å². The van der Waals surface area contributed by atoms with Gasteiger partial charge < -0.3 is 5.32 Å². The summed E-state index contributed by atoms with van der Waals surface area (Å²) in [6.45, 7) is 9.30. The van der Waals surface area contributed by atoms with Crippen molar-refractivity contribution in [1.29, 1.82) is 0 Å². The zero-order valence-electron chi connectivity index (χ0n) is 15.2. The van der Waals surface area contributed by atoms with Crippen LogP contribution in [0.25, 0.3) is 0 Å². The highest BCUT2D eigenvalue weighted by Crippen LogP contribution is 2.23. The molecule has 0 heterocycles. The van der Waals surface area contributed by atoms with Gasteiger partial charge in [-0.3, -0.25) is 9.52 Å². The highest BCUT2D eigenvalue weighted by atomic mass is 32.2. The molecule has 0 aromatic heterocycles. The molecule has 0 saturated carbocycles. The van der Waals surface area contributed by atoms with E-state index in [1.807, 2.05) is 52.8 Å². The largest absolute Gasteiger partial charge is 0.347 e. The molecule has 0 aliphatic rings. The number of benzene rings is 2. The number of para-hydroxylation sites is 1. The number of carbonyl (C=O) groups is 1. The van der Waals surface area contributed by atoms with Gasteiger partial charge in [-0.05, 0) is 63.9 Å². The molecule has 0 atom stereocenters. The lowest BCUT2D eigenvalue weighted by Crippen LogP contribution is -2.40. The number of aryl methyl sites for hydroxylation is 2. The van der Waals surface area contributed by atoms with Gasteiger partial charge in [0.25, 0.3) is 15.9 Å². The predicted molar refractivity (Wildman–Crippen MR) is 100 cm³/mol. The number of nitrogens with one attached hydrogen (secondary N) is 2. The molecule has 5 nitrogen and oxygen atoms in total. The molecule has 2 N–H and O–H groups in total. The van der Waals surface area contributed by atoms with E-state index in [0.29, 0.717) is 11.3 Å². The molecule has 134 valence electrons. The second-order valence-corrected chi connectivity index (χ2v) is 8.79. The Morgan fingerprint density at radius 2 is 1.52 bits per heavy atom. The minimum atomic E-state index is -3.79. The van der Waals surface area contributed by atoms with Crippen LogP contribution in [0.4, 0.5) is 5.69 Å². The van der Waals surface area contributed by atoms with Gasteiger partial charge in [0.15, 0.2) is 0 Å². The van der Waals surface area contributed by atoms with Crippen molar-refractivity contribution in [2.24, 2.45) is 0 Å². The van der Waals surface area contributed by atoms with E-state index < -0.39 is 15.6 Å². The van der Waals surface area contributed by atoms with Gasteiger partial charge in [-0.25, -0.2) is 8.42 Å². The predicted octanol–water partition coefficient (Wildman–Crippen LogP) is 3.63. The van der Waals surface area contributed by atoms with Gasteiger partial charge in [0, 0.05) is 11.1 Å². The first-order chi connectivity index (χ1) is 11.5. The summed E-state index contributed by atoms with van der Waals surface area (Å²) < 4.78 is 28.1.